The lowest BCUT2D eigenvalue weighted by Gasteiger charge is -2.08. The molecule has 0 bridgehead atoms. The Balaban J connectivity index is 0.000000146. The van der Waals surface area contributed by atoms with Gasteiger partial charge in [0, 0.05) is 47.6 Å². The molecule has 0 unspecified atom stereocenters. The number of hydrogen-bond donors (Lipinski definition) is 3. The molecule has 334 valence electrons. The first kappa shape index (κ1) is 49.3. The second kappa shape index (κ2) is 25.5. The van der Waals surface area contributed by atoms with Crippen LogP contribution in [0.15, 0.2) is 225 Å². The summed E-state index contributed by atoms with van der Waals surface area (Å²) in [4.78, 5) is 24.8. The Morgan fingerprint density at radius 3 is 1.55 bits per heavy atom. The highest BCUT2D eigenvalue weighted by Crippen LogP contribution is 2.26. The van der Waals surface area contributed by atoms with Crippen molar-refractivity contribution >= 4 is 134 Å². The van der Waals surface area contributed by atoms with E-state index in [1.165, 1.54) is 21.9 Å². The summed E-state index contributed by atoms with van der Waals surface area (Å²) in [6.07, 6.45) is 0. The van der Waals surface area contributed by atoms with Crippen molar-refractivity contribution in [3.05, 3.63) is 242 Å². The number of anilines is 2. The van der Waals surface area contributed by atoms with Crippen LogP contribution in [0, 0.1) is 4.64 Å². The van der Waals surface area contributed by atoms with Crippen molar-refractivity contribution in [3.8, 4) is 0 Å². The molecule has 12 heteroatoms. The van der Waals surface area contributed by atoms with E-state index >= 15 is 0 Å². The predicted octanol–water partition coefficient (Wildman–Crippen LogP) is 16.9. The van der Waals surface area contributed by atoms with Gasteiger partial charge < -0.3 is 16.0 Å². The molecular formula is C55H44Br3N5OS3. The van der Waals surface area contributed by atoms with Crippen molar-refractivity contribution in [3.63, 3.8) is 0 Å². The van der Waals surface area contributed by atoms with E-state index in [9.17, 15) is 4.79 Å². The Morgan fingerprint density at radius 2 is 1.00 bits per heavy atom. The van der Waals surface area contributed by atoms with Crippen molar-refractivity contribution in [1.82, 2.24) is 15.0 Å². The number of thioether (sulfide) groups is 2. The van der Waals surface area contributed by atoms with Crippen molar-refractivity contribution in [2.24, 2.45) is 0 Å². The molecule has 67 heavy (non-hydrogen) atoms. The van der Waals surface area contributed by atoms with Gasteiger partial charge in [-0.3, -0.25) is 4.79 Å². The zero-order valence-corrected chi connectivity index (χ0v) is 43.2. The van der Waals surface area contributed by atoms with E-state index in [2.05, 4.69) is 147 Å². The van der Waals surface area contributed by atoms with Crippen LogP contribution in [0.2, 0.25) is 0 Å². The molecule has 0 spiro atoms. The molecule has 0 fully saturated rings. The standard InChI is InChI=1S/C23H19N3OS.C16H12BrNS.C9H7NS.C7H6Br2/c24-19-6-2-4-8-21(19)26-23(27)18-11-9-16(10-12-18)15-28-22-14-13-17-5-1-3-7-20(17)25-22;17-14-8-5-12(6-9-14)11-19-16-10-7-13-3-1-2-4-15(13)18-16;11-9-6-5-7-3-1-2-4-8(7)10-9;8-5-6-1-3-7(9)4-2-6/h1-14H,15,24H2,(H,26,27);1-10H,11H2;1-6H,(H,10,11);1-4H,5H2. The minimum Gasteiger partial charge on any atom is -0.397 e. The molecule has 0 aliphatic carbocycles. The molecule has 0 saturated carbocycles. The van der Waals surface area contributed by atoms with Crippen molar-refractivity contribution < 1.29 is 4.79 Å². The van der Waals surface area contributed by atoms with E-state index in [0.717, 1.165) is 68.0 Å². The number of para-hydroxylation sites is 5. The van der Waals surface area contributed by atoms with Gasteiger partial charge in [-0.15, -0.1) is 23.5 Å². The van der Waals surface area contributed by atoms with Crippen molar-refractivity contribution in [2.75, 3.05) is 11.1 Å². The van der Waals surface area contributed by atoms with Crippen LogP contribution in [0.3, 0.4) is 0 Å². The number of halogens is 3. The highest BCUT2D eigenvalue weighted by molar-refractivity contribution is 9.10. The third-order valence-electron chi connectivity index (χ3n) is 9.96. The van der Waals surface area contributed by atoms with Gasteiger partial charge in [0.15, 0.2) is 0 Å². The van der Waals surface area contributed by atoms with E-state index in [-0.39, 0.29) is 5.91 Å². The number of pyridine rings is 3. The molecule has 0 atom stereocenters. The quantitative estimate of drug-likeness (QED) is 0.0573. The van der Waals surface area contributed by atoms with Gasteiger partial charge in [-0.25, -0.2) is 9.97 Å². The van der Waals surface area contributed by atoms with Crippen LogP contribution in [-0.2, 0) is 16.8 Å². The zero-order chi connectivity index (χ0) is 46.8. The largest absolute Gasteiger partial charge is 0.397 e. The number of hydrogen-bond acceptors (Lipinski definition) is 7. The average Bonchev–Trinajstić information content (AvgIpc) is 3.37. The number of nitrogen functional groups attached to an aromatic ring is 1. The first-order chi connectivity index (χ1) is 32.7. The highest BCUT2D eigenvalue weighted by Gasteiger charge is 2.09. The highest BCUT2D eigenvalue weighted by atomic mass is 79.9. The van der Waals surface area contributed by atoms with Gasteiger partial charge in [-0.2, -0.15) is 0 Å². The molecule has 4 N–H and O–H groups in total. The van der Waals surface area contributed by atoms with Crippen LogP contribution >= 0.6 is 83.5 Å². The lowest BCUT2D eigenvalue weighted by molar-refractivity contribution is 0.102. The summed E-state index contributed by atoms with van der Waals surface area (Å²) >= 11 is 18.6. The Kier molecular flexibility index (Phi) is 18.8. The van der Waals surface area contributed by atoms with Crippen LogP contribution in [0.25, 0.3) is 32.7 Å². The summed E-state index contributed by atoms with van der Waals surface area (Å²) in [7, 11) is 0. The average molecular weight is 1130 g/mol. The van der Waals surface area contributed by atoms with Crippen LogP contribution < -0.4 is 11.1 Å². The second-order valence-electron chi connectivity index (χ2n) is 14.8. The first-order valence-corrected chi connectivity index (χ1v) is 26.1. The number of carbonyl (C=O) groups is 1. The number of nitrogens with two attached hydrogens (primary N) is 1. The molecule has 7 aromatic carbocycles. The minimum absolute atomic E-state index is 0.173. The zero-order valence-electron chi connectivity index (χ0n) is 36.0. The number of benzene rings is 7. The molecule has 10 rings (SSSR count). The number of nitrogens with one attached hydrogen (secondary N) is 2. The number of aromatic amines is 1. The van der Waals surface area contributed by atoms with E-state index in [1.807, 2.05) is 115 Å². The Morgan fingerprint density at radius 1 is 0.537 bits per heavy atom. The van der Waals surface area contributed by atoms with E-state index in [4.69, 9.17) is 18.0 Å². The topological polar surface area (TPSA) is 96.7 Å². The van der Waals surface area contributed by atoms with E-state index in [1.54, 1.807) is 35.7 Å². The summed E-state index contributed by atoms with van der Waals surface area (Å²) in [5.74, 6) is 1.56. The molecule has 0 aliphatic rings. The van der Waals surface area contributed by atoms with Gasteiger partial charge in [-0.05, 0) is 113 Å². The van der Waals surface area contributed by atoms with Gasteiger partial charge in [0.1, 0.15) is 4.64 Å². The van der Waals surface area contributed by atoms with Crippen LogP contribution in [-0.4, -0.2) is 20.9 Å². The van der Waals surface area contributed by atoms with Gasteiger partial charge in [0.25, 0.3) is 5.91 Å². The van der Waals surface area contributed by atoms with E-state index in [0.29, 0.717) is 16.9 Å². The fourth-order valence-electron chi connectivity index (χ4n) is 6.38. The number of aromatic nitrogens is 3. The lowest BCUT2D eigenvalue weighted by atomic mass is 10.1. The smallest absolute Gasteiger partial charge is 0.255 e. The lowest BCUT2D eigenvalue weighted by Crippen LogP contribution is -2.13. The summed E-state index contributed by atoms with van der Waals surface area (Å²) in [6.45, 7) is 0. The third-order valence-corrected chi connectivity index (χ3v) is 13.9. The number of nitrogens with zero attached hydrogens (tertiary/aromatic N) is 2. The van der Waals surface area contributed by atoms with Gasteiger partial charge in [0.05, 0.1) is 32.5 Å². The van der Waals surface area contributed by atoms with Gasteiger partial charge >= 0.3 is 0 Å². The molecule has 3 aromatic heterocycles. The number of H-pyrrole nitrogens is 1. The predicted molar refractivity (Wildman–Crippen MR) is 298 cm³/mol. The third kappa shape index (κ3) is 15.5. The summed E-state index contributed by atoms with van der Waals surface area (Å²) in [5.41, 5.74) is 14.5. The van der Waals surface area contributed by atoms with Crippen molar-refractivity contribution in [1.29, 1.82) is 0 Å². The van der Waals surface area contributed by atoms with E-state index < -0.39 is 0 Å². The second-order valence-corrected chi connectivity index (χ2v) is 19.6. The number of amides is 1. The molecule has 0 radical (unpaired) electrons. The summed E-state index contributed by atoms with van der Waals surface area (Å²) in [5, 5.41) is 9.36. The molecule has 0 saturated heterocycles. The Labute approximate surface area is 429 Å². The molecule has 0 aliphatic heterocycles. The molecular weight excluding hydrogens is 1080 g/mol. The maximum atomic E-state index is 12.4. The number of alkyl halides is 1. The first-order valence-electron chi connectivity index (χ1n) is 21.0. The summed E-state index contributed by atoms with van der Waals surface area (Å²) in [6, 6.07) is 68.1. The fraction of sp³-hybridized carbons (Fsp3) is 0.0545. The van der Waals surface area contributed by atoms with Gasteiger partial charge in [-0.1, -0.05) is 175 Å². The molecule has 3 heterocycles. The number of rotatable bonds is 9. The fourth-order valence-corrected chi connectivity index (χ4v) is 9.13. The molecule has 6 nitrogen and oxygen atoms in total. The molecule has 1 amide bonds. The van der Waals surface area contributed by atoms with Crippen LogP contribution in [0.1, 0.15) is 27.0 Å². The summed E-state index contributed by atoms with van der Waals surface area (Å²) < 4.78 is 3.03. The Bertz CT molecular complexity index is 3240. The SMILES string of the molecule is BrCc1ccc(Br)cc1.Brc1ccc(CSc2ccc3ccccc3n2)cc1.Nc1ccccc1NC(=O)c1ccc(CSc2ccc3ccccc3n2)cc1.S=c1ccc2ccccc2[nH]1. The Hall–Kier alpha value is -5.60. The molecule has 10 aromatic rings. The van der Waals surface area contributed by atoms with Crippen molar-refractivity contribution in [2.45, 2.75) is 26.9 Å². The maximum absolute atomic E-state index is 12.4. The maximum Gasteiger partial charge on any atom is 0.255 e. The van der Waals surface area contributed by atoms with Gasteiger partial charge in [0.2, 0.25) is 0 Å². The normalized spacial score (nSPS) is 10.5. The van der Waals surface area contributed by atoms with Crippen LogP contribution in [0.4, 0.5) is 11.4 Å². The number of carbonyl (C=O) groups excluding carboxylic acids is 1. The van der Waals surface area contributed by atoms with Crippen LogP contribution in [0.5, 0.6) is 0 Å². The monoisotopic (exact) mass is 1120 g/mol. The number of fused-ring (bicyclic) bond motifs is 3. The minimum atomic E-state index is -0.173.